The van der Waals surface area contributed by atoms with Gasteiger partial charge in [-0.15, -0.1) is 0 Å². The monoisotopic (exact) mass is 1030 g/mol. The van der Waals surface area contributed by atoms with Crippen molar-refractivity contribution >= 4 is 17.9 Å². The van der Waals surface area contributed by atoms with Crippen LogP contribution in [0.25, 0.3) is 0 Å². The Balaban J connectivity index is 4.44. The van der Waals surface area contributed by atoms with Gasteiger partial charge in [0.1, 0.15) is 13.2 Å². The first-order chi connectivity index (χ1) is 36.5. The van der Waals surface area contributed by atoms with Crippen molar-refractivity contribution < 1.29 is 28.6 Å². The molecule has 0 aromatic rings. The third-order valence-corrected chi connectivity index (χ3v) is 13.9. The van der Waals surface area contributed by atoms with Gasteiger partial charge in [-0.25, -0.2) is 0 Å². The summed E-state index contributed by atoms with van der Waals surface area (Å²) in [6.07, 6.45) is 81.5. The molecule has 426 valence electrons. The van der Waals surface area contributed by atoms with Crippen molar-refractivity contribution in [1.29, 1.82) is 0 Å². The molecule has 0 rings (SSSR count). The molecule has 0 radical (unpaired) electrons. The number of carbonyl (C=O) groups is 3. The van der Waals surface area contributed by atoms with Gasteiger partial charge in [-0.05, 0) is 38.5 Å². The Morgan fingerprint density at radius 3 is 0.824 bits per heavy atom. The summed E-state index contributed by atoms with van der Waals surface area (Å²) in [5.74, 6) is -0.917. The van der Waals surface area contributed by atoms with Crippen LogP contribution in [0.5, 0.6) is 0 Å². The third-order valence-electron chi connectivity index (χ3n) is 13.9. The summed E-state index contributed by atoms with van der Waals surface area (Å²) in [6, 6.07) is 0. The van der Waals surface area contributed by atoms with Gasteiger partial charge < -0.3 is 14.2 Å². The molecule has 0 aromatic heterocycles. The van der Waals surface area contributed by atoms with E-state index in [0.29, 0.717) is 19.3 Å². The quantitative estimate of drug-likeness (QED) is 0.0261. The number of ether oxygens (including phenoxy) is 3. The van der Waals surface area contributed by atoms with E-state index < -0.39 is 6.10 Å². The minimum atomic E-state index is -0.794. The van der Waals surface area contributed by atoms with Crippen LogP contribution in [-0.4, -0.2) is 37.2 Å². The van der Waals surface area contributed by atoms with E-state index >= 15 is 0 Å². The molecule has 0 spiro atoms. The predicted molar refractivity (Wildman–Crippen MR) is 321 cm³/mol. The molecule has 0 aliphatic rings. The lowest BCUT2D eigenvalue weighted by Crippen LogP contribution is -2.30. The van der Waals surface area contributed by atoms with Crippen LogP contribution in [0.4, 0.5) is 0 Å². The smallest absolute Gasteiger partial charge is 0.306 e. The first-order valence-electron chi connectivity index (χ1n) is 31.7. The van der Waals surface area contributed by atoms with Crippen LogP contribution in [0.1, 0.15) is 310 Å². The summed E-state index contributed by atoms with van der Waals surface area (Å²) in [5.41, 5.74) is 0. The molecular formula is C68H118O6. The standard InChI is InChI=1S/C68H118O6/c1-4-7-10-13-16-19-22-25-28-31-34-37-40-43-46-49-52-55-58-61-67(70)73-64-65(63-72-66(69)60-57-54-51-48-45-42-39-36-33-30-27-24-21-18-15-12-9-6-3)74-68(71)62-59-56-53-50-47-44-41-38-35-32-29-26-23-20-17-14-11-8-5-2/h7,10,13,16,19,22,25,28,31,34,37,40,43,46,65H,4-6,8-9,11-12,14-15,17-18,20-21,23-24,26-27,29-30,32-33,35-36,38-39,41-42,44-45,47-64H2,1-3H3/b10-7-,16-13-,22-19-,28-25-,34-31+,40-37-,46-43-. The highest BCUT2D eigenvalue weighted by Crippen LogP contribution is 2.18. The van der Waals surface area contributed by atoms with Crippen molar-refractivity contribution in [1.82, 2.24) is 0 Å². The molecule has 6 nitrogen and oxygen atoms in total. The number of hydrogen-bond donors (Lipinski definition) is 0. The number of esters is 3. The molecule has 0 amide bonds. The Morgan fingerprint density at radius 1 is 0.284 bits per heavy atom. The lowest BCUT2D eigenvalue weighted by atomic mass is 10.0. The van der Waals surface area contributed by atoms with Crippen molar-refractivity contribution in [2.24, 2.45) is 0 Å². The fourth-order valence-electron chi connectivity index (χ4n) is 9.14. The Bertz CT molecular complexity index is 1420. The lowest BCUT2D eigenvalue weighted by molar-refractivity contribution is -0.167. The van der Waals surface area contributed by atoms with Crippen LogP contribution in [0.3, 0.4) is 0 Å². The number of carbonyl (C=O) groups excluding carboxylic acids is 3. The van der Waals surface area contributed by atoms with Crippen LogP contribution < -0.4 is 0 Å². The summed E-state index contributed by atoms with van der Waals surface area (Å²) in [6.45, 7) is 6.51. The van der Waals surface area contributed by atoms with Crippen molar-refractivity contribution in [3.63, 3.8) is 0 Å². The van der Waals surface area contributed by atoms with Crippen LogP contribution in [0.2, 0.25) is 0 Å². The van der Waals surface area contributed by atoms with Gasteiger partial charge in [0.25, 0.3) is 0 Å². The Hall–Kier alpha value is -3.41. The highest BCUT2D eigenvalue weighted by molar-refractivity contribution is 5.71. The number of allylic oxidation sites excluding steroid dienone is 14. The summed E-state index contributed by atoms with van der Waals surface area (Å²) < 4.78 is 16.9. The second kappa shape index (κ2) is 62.1. The molecule has 0 bridgehead atoms. The summed E-state index contributed by atoms with van der Waals surface area (Å²) >= 11 is 0. The molecule has 1 unspecified atom stereocenters. The van der Waals surface area contributed by atoms with Crippen molar-refractivity contribution in [3.8, 4) is 0 Å². The van der Waals surface area contributed by atoms with Gasteiger partial charge in [0, 0.05) is 19.3 Å². The van der Waals surface area contributed by atoms with Gasteiger partial charge in [-0.3, -0.25) is 14.4 Å². The van der Waals surface area contributed by atoms with Crippen LogP contribution >= 0.6 is 0 Å². The fourth-order valence-corrected chi connectivity index (χ4v) is 9.14. The lowest BCUT2D eigenvalue weighted by Gasteiger charge is -2.18. The van der Waals surface area contributed by atoms with Crippen LogP contribution in [-0.2, 0) is 28.6 Å². The van der Waals surface area contributed by atoms with E-state index in [1.165, 1.54) is 199 Å². The molecule has 0 aliphatic carbocycles. The van der Waals surface area contributed by atoms with Gasteiger partial charge in [0.05, 0.1) is 0 Å². The zero-order valence-electron chi connectivity index (χ0n) is 48.8. The van der Waals surface area contributed by atoms with Crippen LogP contribution in [0, 0.1) is 0 Å². The maximum absolute atomic E-state index is 12.9. The largest absolute Gasteiger partial charge is 0.462 e. The van der Waals surface area contributed by atoms with Crippen LogP contribution in [0.15, 0.2) is 85.1 Å². The highest BCUT2D eigenvalue weighted by Gasteiger charge is 2.19. The Morgan fingerprint density at radius 2 is 0.527 bits per heavy atom. The SMILES string of the molecule is CC\C=C/C=C\C=C/C=C\C=C\C=C/C=C\CCCCCC(=O)OCC(COC(=O)CCCCCCCCCCCCCCCCCCCC)OC(=O)CCCCCCCCCCCCCCCCCCCCC. The molecule has 6 heteroatoms. The first-order valence-corrected chi connectivity index (χ1v) is 31.7. The van der Waals surface area contributed by atoms with Crippen molar-refractivity contribution in [2.75, 3.05) is 13.2 Å². The fraction of sp³-hybridized carbons (Fsp3) is 0.750. The molecule has 0 saturated heterocycles. The number of unbranched alkanes of at least 4 members (excludes halogenated alkanes) is 38. The molecule has 0 saturated carbocycles. The maximum Gasteiger partial charge on any atom is 0.306 e. The van der Waals surface area contributed by atoms with Gasteiger partial charge >= 0.3 is 17.9 Å². The summed E-state index contributed by atoms with van der Waals surface area (Å²) in [4.78, 5) is 38.3. The number of hydrogen-bond acceptors (Lipinski definition) is 6. The molecule has 1 atom stereocenters. The van der Waals surface area contributed by atoms with Gasteiger partial charge in [-0.2, -0.15) is 0 Å². The minimum Gasteiger partial charge on any atom is -0.462 e. The minimum absolute atomic E-state index is 0.0873. The van der Waals surface area contributed by atoms with E-state index in [1.807, 2.05) is 60.8 Å². The molecule has 0 aliphatic heterocycles. The van der Waals surface area contributed by atoms with E-state index in [9.17, 15) is 14.4 Å². The van der Waals surface area contributed by atoms with E-state index in [-0.39, 0.29) is 31.1 Å². The normalized spacial score (nSPS) is 12.6. The molecule has 74 heavy (non-hydrogen) atoms. The summed E-state index contributed by atoms with van der Waals surface area (Å²) in [5, 5.41) is 0. The molecule has 0 fully saturated rings. The Labute approximate surface area is 458 Å². The molecule has 0 aromatic carbocycles. The summed E-state index contributed by atoms with van der Waals surface area (Å²) in [7, 11) is 0. The van der Waals surface area contributed by atoms with Gasteiger partial charge in [-0.1, -0.05) is 337 Å². The molecule has 0 heterocycles. The van der Waals surface area contributed by atoms with Gasteiger partial charge in [0.2, 0.25) is 0 Å². The van der Waals surface area contributed by atoms with E-state index in [0.717, 1.165) is 70.6 Å². The highest BCUT2D eigenvalue weighted by atomic mass is 16.6. The third kappa shape index (κ3) is 59.5. The second-order valence-corrected chi connectivity index (χ2v) is 21.1. The van der Waals surface area contributed by atoms with E-state index in [1.54, 1.807) is 0 Å². The zero-order chi connectivity index (χ0) is 53.6. The number of rotatable bonds is 57. The van der Waals surface area contributed by atoms with E-state index in [4.69, 9.17) is 14.2 Å². The maximum atomic E-state index is 12.9. The molecule has 0 N–H and O–H groups in total. The zero-order valence-corrected chi connectivity index (χ0v) is 48.8. The topological polar surface area (TPSA) is 78.9 Å². The average molecular weight is 1030 g/mol. The second-order valence-electron chi connectivity index (χ2n) is 21.1. The van der Waals surface area contributed by atoms with E-state index in [2.05, 4.69) is 45.1 Å². The van der Waals surface area contributed by atoms with Crippen molar-refractivity contribution in [2.45, 2.75) is 316 Å². The first kappa shape index (κ1) is 70.6. The average Bonchev–Trinajstić information content (AvgIpc) is 3.40. The van der Waals surface area contributed by atoms with Crippen molar-refractivity contribution in [3.05, 3.63) is 85.1 Å². The Kier molecular flexibility index (Phi) is 59.3. The predicted octanol–water partition coefficient (Wildman–Crippen LogP) is 21.5. The molecular weight excluding hydrogens is 913 g/mol. The van der Waals surface area contributed by atoms with Gasteiger partial charge in [0.15, 0.2) is 6.10 Å².